The first-order chi connectivity index (χ1) is 8.95. The molecule has 1 aliphatic carbocycles. The molecule has 0 bridgehead atoms. The van der Waals surface area contributed by atoms with Crippen molar-refractivity contribution in [2.75, 3.05) is 5.32 Å². The topological polar surface area (TPSA) is 55.2 Å². The van der Waals surface area contributed by atoms with Crippen molar-refractivity contribution in [3.8, 4) is 0 Å². The molecule has 104 valence electrons. The van der Waals surface area contributed by atoms with E-state index in [4.69, 9.17) is 0 Å². The molecule has 1 N–H and O–H groups in total. The van der Waals surface area contributed by atoms with E-state index in [1.807, 2.05) is 0 Å². The maximum Gasteiger partial charge on any atom is 0.272 e. The first-order valence-electron chi connectivity index (χ1n) is 6.66. The highest BCUT2D eigenvalue weighted by Crippen LogP contribution is 2.31. The fraction of sp³-hybridized carbons (Fsp3) is 0.571. The third-order valence-electron chi connectivity index (χ3n) is 3.70. The van der Waals surface area contributed by atoms with Gasteiger partial charge in [0.25, 0.3) is 5.69 Å². The lowest BCUT2D eigenvalue weighted by molar-refractivity contribution is -0.385. The maximum atomic E-state index is 13.8. The lowest BCUT2D eigenvalue weighted by Gasteiger charge is -2.32. The van der Waals surface area contributed by atoms with Gasteiger partial charge in [0, 0.05) is 12.1 Å². The van der Waals surface area contributed by atoms with Gasteiger partial charge in [0.15, 0.2) is 5.82 Å². The van der Waals surface area contributed by atoms with Gasteiger partial charge in [0.1, 0.15) is 0 Å². The zero-order valence-electron chi connectivity index (χ0n) is 11.2. The van der Waals surface area contributed by atoms with Crippen LogP contribution in [0.2, 0.25) is 0 Å². The minimum absolute atomic E-state index is 0.214. The number of hydrogen-bond donors (Lipinski definition) is 1. The largest absolute Gasteiger partial charge is 0.380 e. The van der Waals surface area contributed by atoms with Gasteiger partial charge < -0.3 is 5.32 Å². The van der Waals surface area contributed by atoms with Crippen molar-refractivity contribution < 1.29 is 9.31 Å². The highest BCUT2D eigenvalue weighted by atomic mass is 19.1. The quantitative estimate of drug-likeness (QED) is 0.665. The Balaban J connectivity index is 2.08. The molecule has 0 heterocycles. The highest BCUT2D eigenvalue weighted by molar-refractivity contribution is 5.50. The molecule has 0 aromatic heterocycles. The predicted molar refractivity (Wildman–Crippen MR) is 72.6 cm³/mol. The predicted octanol–water partition coefficient (Wildman–Crippen LogP) is 3.97. The Morgan fingerprint density at radius 1 is 1.26 bits per heavy atom. The molecule has 5 heteroatoms. The normalized spacial score (nSPS) is 27.0. The second kappa shape index (κ2) is 5.55. The standard InChI is InChI=1S/C14H19FN2O2/c1-9-5-10(2)7-11(6-9)16-14-4-3-12(17(18)19)8-13(14)15/h3-4,8-11,16H,5-7H2,1-2H3. The van der Waals surface area contributed by atoms with Gasteiger partial charge in [-0.15, -0.1) is 0 Å². The monoisotopic (exact) mass is 266 g/mol. The molecule has 0 aliphatic heterocycles. The van der Waals surface area contributed by atoms with Gasteiger partial charge in [-0.05, 0) is 37.2 Å². The number of benzene rings is 1. The van der Waals surface area contributed by atoms with Crippen molar-refractivity contribution in [3.63, 3.8) is 0 Å². The summed E-state index contributed by atoms with van der Waals surface area (Å²) in [5.74, 6) is 0.699. The minimum Gasteiger partial charge on any atom is -0.380 e. The van der Waals surface area contributed by atoms with Crippen molar-refractivity contribution >= 4 is 11.4 Å². The van der Waals surface area contributed by atoms with E-state index in [2.05, 4.69) is 19.2 Å². The van der Waals surface area contributed by atoms with E-state index in [1.54, 1.807) is 0 Å². The van der Waals surface area contributed by atoms with E-state index in [9.17, 15) is 14.5 Å². The number of nitrogens with one attached hydrogen (secondary N) is 1. The summed E-state index contributed by atoms with van der Waals surface area (Å²) >= 11 is 0. The van der Waals surface area contributed by atoms with Gasteiger partial charge in [0.2, 0.25) is 0 Å². The minimum atomic E-state index is -0.586. The number of nitrogens with zero attached hydrogens (tertiary/aromatic N) is 1. The average Bonchev–Trinajstić information content (AvgIpc) is 2.30. The first kappa shape index (κ1) is 13.8. The summed E-state index contributed by atoms with van der Waals surface area (Å²) in [4.78, 5) is 9.97. The Bertz CT molecular complexity index is 469. The van der Waals surface area contributed by atoms with Crippen LogP contribution in [0.25, 0.3) is 0 Å². The van der Waals surface area contributed by atoms with Crippen LogP contribution >= 0.6 is 0 Å². The van der Waals surface area contributed by atoms with E-state index in [0.29, 0.717) is 17.5 Å². The van der Waals surface area contributed by atoms with Gasteiger partial charge in [-0.25, -0.2) is 4.39 Å². The number of halogens is 1. The maximum absolute atomic E-state index is 13.8. The SMILES string of the molecule is CC1CC(C)CC(Nc2ccc([N+](=O)[O-])cc2F)C1. The molecule has 0 amide bonds. The highest BCUT2D eigenvalue weighted by Gasteiger charge is 2.24. The molecule has 0 spiro atoms. The molecule has 1 aliphatic rings. The fourth-order valence-electron chi connectivity index (χ4n) is 3.02. The zero-order chi connectivity index (χ0) is 14.0. The Hall–Kier alpha value is -1.65. The second-order valence-corrected chi connectivity index (χ2v) is 5.68. The van der Waals surface area contributed by atoms with Crippen LogP contribution in [0.3, 0.4) is 0 Å². The third-order valence-corrected chi connectivity index (χ3v) is 3.70. The number of anilines is 1. The summed E-state index contributed by atoms with van der Waals surface area (Å²) in [6.07, 6.45) is 3.24. The van der Waals surface area contributed by atoms with E-state index in [-0.39, 0.29) is 11.7 Å². The van der Waals surface area contributed by atoms with Crippen LogP contribution in [-0.4, -0.2) is 11.0 Å². The Labute approximate surface area is 112 Å². The molecule has 1 aromatic carbocycles. The van der Waals surface area contributed by atoms with Crippen LogP contribution in [0.5, 0.6) is 0 Å². The van der Waals surface area contributed by atoms with Crippen molar-refractivity contribution in [1.82, 2.24) is 0 Å². The van der Waals surface area contributed by atoms with Crippen LogP contribution in [-0.2, 0) is 0 Å². The molecule has 0 radical (unpaired) electrons. The lowest BCUT2D eigenvalue weighted by atomic mass is 9.80. The van der Waals surface area contributed by atoms with E-state index < -0.39 is 10.7 Å². The van der Waals surface area contributed by atoms with E-state index >= 15 is 0 Å². The second-order valence-electron chi connectivity index (χ2n) is 5.68. The summed E-state index contributed by atoms with van der Waals surface area (Å²) in [6.45, 7) is 4.41. The van der Waals surface area contributed by atoms with Crippen LogP contribution < -0.4 is 5.32 Å². The smallest absolute Gasteiger partial charge is 0.272 e. The molecular weight excluding hydrogens is 247 g/mol. The molecule has 1 aromatic rings. The molecule has 2 rings (SSSR count). The van der Waals surface area contributed by atoms with Gasteiger partial charge in [0.05, 0.1) is 16.7 Å². The van der Waals surface area contributed by atoms with Gasteiger partial charge in [-0.2, -0.15) is 0 Å². The van der Waals surface area contributed by atoms with Crippen LogP contribution in [0.15, 0.2) is 18.2 Å². The molecule has 19 heavy (non-hydrogen) atoms. The van der Waals surface area contributed by atoms with Crippen LogP contribution in [0, 0.1) is 27.8 Å². The zero-order valence-corrected chi connectivity index (χ0v) is 11.2. The van der Waals surface area contributed by atoms with Crippen LogP contribution in [0.4, 0.5) is 15.8 Å². The molecule has 1 saturated carbocycles. The number of non-ortho nitro benzene ring substituents is 1. The lowest BCUT2D eigenvalue weighted by Crippen LogP contribution is -2.30. The molecule has 0 saturated heterocycles. The van der Waals surface area contributed by atoms with Crippen molar-refractivity contribution in [2.45, 2.75) is 39.2 Å². The first-order valence-corrected chi connectivity index (χ1v) is 6.66. The summed E-state index contributed by atoms with van der Waals surface area (Å²) in [5, 5.41) is 13.7. The van der Waals surface area contributed by atoms with Gasteiger partial charge in [-0.1, -0.05) is 13.8 Å². The molecule has 2 atom stereocenters. The number of nitro groups is 1. The Morgan fingerprint density at radius 3 is 2.42 bits per heavy atom. The Kier molecular flexibility index (Phi) is 4.02. The molecule has 1 fully saturated rings. The molecule has 4 nitrogen and oxygen atoms in total. The third kappa shape index (κ3) is 3.43. The number of hydrogen-bond acceptors (Lipinski definition) is 3. The van der Waals surface area contributed by atoms with E-state index in [1.165, 1.54) is 18.6 Å². The summed E-state index contributed by atoms with van der Waals surface area (Å²) < 4.78 is 13.8. The van der Waals surface area contributed by atoms with Gasteiger partial charge in [-0.3, -0.25) is 10.1 Å². The molecule has 2 unspecified atom stereocenters. The molecular formula is C14H19FN2O2. The fourth-order valence-corrected chi connectivity index (χ4v) is 3.02. The van der Waals surface area contributed by atoms with Gasteiger partial charge >= 0.3 is 0 Å². The average molecular weight is 266 g/mol. The summed E-state index contributed by atoms with van der Waals surface area (Å²) in [6, 6.07) is 4.01. The van der Waals surface area contributed by atoms with Crippen molar-refractivity contribution in [3.05, 3.63) is 34.1 Å². The Morgan fingerprint density at radius 2 is 1.89 bits per heavy atom. The van der Waals surface area contributed by atoms with Crippen molar-refractivity contribution in [1.29, 1.82) is 0 Å². The summed E-state index contributed by atoms with van der Waals surface area (Å²) in [7, 11) is 0. The summed E-state index contributed by atoms with van der Waals surface area (Å²) in [5.41, 5.74) is 0.144. The number of nitro benzene ring substituents is 1. The number of rotatable bonds is 3. The van der Waals surface area contributed by atoms with Crippen LogP contribution in [0.1, 0.15) is 33.1 Å². The van der Waals surface area contributed by atoms with Crippen molar-refractivity contribution in [2.24, 2.45) is 11.8 Å². The van der Waals surface area contributed by atoms with E-state index in [0.717, 1.165) is 18.9 Å².